The van der Waals surface area contributed by atoms with E-state index in [1.54, 1.807) is 6.07 Å². The molecule has 2 heterocycles. The van der Waals surface area contributed by atoms with Crippen LogP contribution in [0, 0.1) is 23.1 Å². The average Bonchev–Trinajstić information content (AvgIpc) is 3.10. The molecule has 102 valence electrons. The molecule has 1 aromatic heterocycles. The van der Waals surface area contributed by atoms with E-state index in [4.69, 9.17) is 14.5 Å². The van der Waals surface area contributed by atoms with Gasteiger partial charge in [-0.15, -0.1) is 0 Å². The third-order valence-electron chi connectivity index (χ3n) is 3.32. The van der Waals surface area contributed by atoms with Crippen LogP contribution >= 0.6 is 0 Å². The highest BCUT2D eigenvalue weighted by Crippen LogP contribution is 2.25. The van der Waals surface area contributed by atoms with E-state index < -0.39 is 5.82 Å². The molecule has 1 aromatic carbocycles. The fourth-order valence-electron chi connectivity index (χ4n) is 2.26. The molecule has 1 fully saturated rings. The average molecular weight is 273 g/mol. The van der Waals surface area contributed by atoms with Crippen LogP contribution in [0.25, 0.3) is 11.5 Å². The smallest absolute Gasteiger partial charge is 0.259 e. The SMILES string of the molecule is N#Cc1c(F)cccc1-c1nc(CC2CCOC2)no1. The van der Waals surface area contributed by atoms with E-state index >= 15 is 0 Å². The maximum Gasteiger partial charge on any atom is 0.259 e. The molecule has 0 aliphatic carbocycles. The van der Waals surface area contributed by atoms with E-state index in [1.165, 1.54) is 12.1 Å². The number of hydrogen-bond acceptors (Lipinski definition) is 5. The second-order valence-electron chi connectivity index (χ2n) is 4.72. The molecular formula is C14H12FN3O2. The predicted molar refractivity (Wildman–Crippen MR) is 67.0 cm³/mol. The van der Waals surface area contributed by atoms with Crippen LogP contribution in [0.5, 0.6) is 0 Å². The monoisotopic (exact) mass is 273 g/mol. The number of halogens is 1. The molecule has 0 bridgehead atoms. The van der Waals surface area contributed by atoms with Gasteiger partial charge in [-0.1, -0.05) is 11.2 Å². The highest BCUT2D eigenvalue weighted by atomic mass is 19.1. The van der Waals surface area contributed by atoms with Crippen molar-refractivity contribution in [3.63, 3.8) is 0 Å². The van der Waals surface area contributed by atoms with Crippen LogP contribution in [-0.2, 0) is 11.2 Å². The van der Waals surface area contributed by atoms with Crippen molar-refractivity contribution < 1.29 is 13.7 Å². The zero-order chi connectivity index (χ0) is 13.9. The van der Waals surface area contributed by atoms with Crippen molar-refractivity contribution in [2.24, 2.45) is 5.92 Å². The van der Waals surface area contributed by atoms with E-state index in [1.807, 2.05) is 6.07 Å². The Labute approximate surface area is 115 Å². The molecule has 2 aromatic rings. The Morgan fingerprint density at radius 1 is 1.45 bits per heavy atom. The van der Waals surface area contributed by atoms with E-state index in [0.29, 0.717) is 30.3 Å². The Kier molecular flexibility index (Phi) is 3.44. The summed E-state index contributed by atoms with van der Waals surface area (Å²) < 4.78 is 24.0. The Morgan fingerprint density at radius 2 is 2.35 bits per heavy atom. The molecule has 1 atom stereocenters. The lowest BCUT2D eigenvalue weighted by molar-refractivity contribution is 0.185. The van der Waals surface area contributed by atoms with Gasteiger partial charge in [-0.25, -0.2) is 4.39 Å². The molecule has 0 amide bonds. The summed E-state index contributed by atoms with van der Waals surface area (Å²) in [5, 5.41) is 12.9. The maximum atomic E-state index is 13.5. The van der Waals surface area contributed by atoms with Gasteiger partial charge in [-0.2, -0.15) is 10.2 Å². The fraction of sp³-hybridized carbons (Fsp3) is 0.357. The predicted octanol–water partition coefficient (Wildman–Crippen LogP) is 2.33. The van der Waals surface area contributed by atoms with Crippen molar-refractivity contribution in [2.45, 2.75) is 12.8 Å². The largest absolute Gasteiger partial charge is 0.381 e. The van der Waals surface area contributed by atoms with Crippen LogP contribution in [0.15, 0.2) is 22.7 Å². The molecular weight excluding hydrogens is 261 g/mol. The van der Waals surface area contributed by atoms with Crippen molar-refractivity contribution in [2.75, 3.05) is 13.2 Å². The van der Waals surface area contributed by atoms with Gasteiger partial charge in [0.25, 0.3) is 5.89 Å². The molecule has 0 N–H and O–H groups in total. The number of nitriles is 1. The molecule has 20 heavy (non-hydrogen) atoms. The van der Waals surface area contributed by atoms with Crippen LogP contribution in [0.3, 0.4) is 0 Å². The van der Waals surface area contributed by atoms with Gasteiger partial charge in [0.1, 0.15) is 17.4 Å². The van der Waals surface area contributed by atoms with Crippen LogP contribution in [0.4, 0.5) is 4.39 Å². The quantitative estimate of drug-likeness (QED) is 0.858. The summed E-state index contributed by atoms with van der Waals surface area (Å²) in [4.78, 5) is 4.24. The topological polar surface area (TPSA) is 71.9 Å². The Bertz CT molecular complexity index is 657. The van der Waals surface area contributed by atoms with Crippen LogP contribution in [0.2, 0.25) is 0 Å². The zero-order valence-electron chi connectivity index (χ0n) is 10.7. The van der Waals surface area contributed by atoms with Gasteiger partial charge in [0.2, 0.25) is 0 Å². The molecule has 0 saturated carbocycles. The first kappa shape index (κ1) is 12.8. The molecule has 0 spiro atoms. The fourth-order valence-corrected chi connectivity index (χ4v) is 2.26. The lowest BCUT2D eigenvalue weighted by Gasteiger charge is -2.01. The third kappa shape index (κ3) is 2.40. The van der Waals surface area contributed by atoms with E-state index in [2.05, 4.69) is 10.1 Å². The van der Waals surface area contributed by atoms with Gasteiger partial charge in [0.15, 0.2) is 5.82 Å². The summed E-state index contributed by atoms with van der Waals surface area (Å²) in [6.45, 7) is 1.46. The number of hydrogen-bond donors (Lipinski definition) is 0. The number of nitrogens with zero attached hydrogens (tertiary/aromatic N) is 3. The number of rotatable bonds is 3. The minimum Gasteiger partial charge on any atom is -0.381 e. The van der Waals surface area contributed by atoms with Gasteiger partial charge in [-0.05, 0) is 24.5 Å². The highest BCUT2D eigenvalue weighted by Gasteiger charge is 2.21. The van der Waals surface area contributed by atoms with Crippen LogP contribution in [-0.4, -0.2) is 23.4 Å². The second-order valence-corrected chi connectivity index (χ2v) is 4.72. The first-order valence-corrected chi connectivity index (χ1v) is 6.37. The summed E-state index contributed by atoms with van der Waals surface area (Å²) in [6, 6.07) is 6.16. The highest BCUT2D eigenvalue weighted by molar-refractivity contribution is 5.63. The van der Waals surface area contributed by atoms with Gasteiger partial charge in [0, 0.05) is 19.6 Å². The summed E-state index contributed by atoms with van der Waals surface area (Å²) in [5.41, 5.74) is 0.251. The maximum absolute atomic E-state index is 13.5. The molecule has 1 aliphatic heterocycles. The normalized spacial score (nSPS) is 18.1. The van der Waals surface area contributed by atoms with Gasteiger partial charge in [-0.3, -0.25) is 0 Å². The standard InChI is InChI=1S/C14H12FN3O2/c15-12-3-1-2-10(11(12)7-16)14-17-13(18-20-14)6-9-4-5-19-8-9/h1-3,9H,4-6,8H2. The number of ether oxygens (including phenoxy) is 1. The summed E-state index contributed by atoms with van der Waals surface area (Å²) in [7, 11) is 0. The van der Waals surface area contributed by atoms with Crippen molar-refractivity contribution in [3.8, 4) is 17.5 Å². The van der Waals surface area contributed by atoms with Crippen LogP contribution in [0.1, 0.15) is 17.8 Å². The molecule has 6 heteroatoms. The zero-order valence-corrected chi connectivity index (χ0v) is 10.7. The molecule has 1 unspecified atom stereocenters. The van der Waals surface area contributed by atoms with E-state index in [0.717, 1.165) is 13.0 Å². The lowest BCUT2D eigenvalue weighted by Crippen LogP contribution is -2.04. The van der Waals surface area contributed by atoms with Crippen molar-refractivity contribution >= 4 is 0 Å². The van der Waals surface area contributed by atoms with Crippen molar-refractivity contribution in [3.05, 3.63) is 35.4 Å². The van der Waals surface area contributed by atoms with Crippen molar-refractivity contribution in [1.82, 2.24) is 10.1 Å². The van der Waals surface area contributed by atoms with E-state index in [9.17, 15) is 4.39 Å². The Morgan fingerprint density at radius 3 is 3.10 bits per heavy atom. The minimum atomic E-state index is -0.589. The van der Waals surface area contributed by atoms with E-state index in [-0.39, 0.29) is 11.5 Å². The molecule has 5 nitrogen and oxygen atoms in total. The molecule has 1 aliphatic rings. The molecule has 3 rings (SSSR count). The minimum absolute atomic E-state index is 0.0769. The van der Waals surface area contributed by atoms with Crippen molar-refractivity contribution in [1.29, 1.82) is 5.26 Å². The number of benzene rings is 1. The first-order valence-electron chi connectivity index (χ1n) is 6.37. The first-order chi connectivity index (χ1) is 9.78. The summed E-state index contributed by atoms with van der Waals surface area (Å²) >= 11 is 0. The lowest BCUT2D eigenvalue weighted by atomic mass is 10.1. The second kappa shape index (κ2) is 5.39. The number of aromatic nitrogens is 2. The molecule has 0 radical (unpaired) electrons. The summed E-state index contributed by atoms with van der Waals surface area (Å²) in [6.07, 6.45) is 1.65. The molecule has 1 saturated heterocycles. The Hall–Kier alpha value is -2.26. The summed E-state index contributed by atoms with van der Waals surface area (Å²) in [5.74, 6) is 0.538. The van der Waals surface area contributed by atoms with Gasteiger partial charge < -0.3 is 9.26 Å². The Balaban J connectivity index is 1.86. The third-order valence-corrected chi connectivity index (χ3v) is 3.32. The van der Waals surface area contributed by atoms with Gasteiger partial charge in [0.05, 0.1) is 5.56 Å². The van der Waals surface area contributed by atoms with Crippen LogP contribution < -0.4 is 0 Å². The van der Waals surface area contributed by atoms with Gasteiger partial charge >= 0.3 is 0 Å².